The van der Waals surface area contributed by atoms with Crippen LogP contribution in [0.3, 0.4) is 0 Å². The van der Waals surface area contributed by atoms with Crippen LogP contribution < -0.4 is 0 Å². The van der Waals surface area contributed by atoms with Crippen LogP contribution in [0.4, 0.5) is 0 Å². The van der Waals surface area contributed by atoms with Crippen molar-refractivity contribution >= 4 is 11.8 Å². The molecule has 1 saturated heterocycles. The molecule has 1 aliphatic heterocycles. The Kier molecular flexibility index (Phi) is 4.61. The van der Waals surface area contributed by atoms with Crippen LogP contribution in [-0.2, 0) is 0 Å². The number of carbonyl (C=O) groups is 2. The van der Waals surface area contributed by atoms with E-state index < -0.39 is 0 Å². The number of hydrogen-bond donors (Lipinski definition) is 0. The van der Waals surface area contributed by atoms with Gasteiger partial charge in [0.05, 0.1) is 5.56 Å². The van der Waals surface area contributed by atoms with E-state index in [1.54, 1.807) is 58.7 Å². The molecule has 2 aromatic rings. The predicted octanol–water partition coefficient (Wildman–Crippen LogP) is 1.46. The third kappa shape index (κ3) is 3.53. The standard InChI is InChI=1S/C17H18N4O2/c22-16(14-5-3-7-18-13-14)20-9-4-10-21(12-11-20)17(23)15-6-1-2-8-19-15/h1-3,5-8,13H,4,9-12H2. The van der Waals surface area contributed by atoms with E-state index in [9.17, 15) is 9.59 Å². The van der Waals surface area contributed by atoms with Gasteiger partial charge in [0.2, 0.25) is 0 Å². The van der Waals surface area contributed by atoms with E-state index in [1.807, 2.05) is 0 Å². The van der Waals surface area contributed by atoms with E-state index in [0.29, 0.717) is 37.4 Å². The Bertz CT molecular complexity index is 616. The summed E-state index contributed by atoms with van der Waals surface area (Å²) >= 11 is 0. The first-order valence-corrected chi connectivity index (χ1v) is 7.65. The summed E-state index contributed by atoms with van der Waals surface area (Å²) in [6.45, 7) is 2.31. The summed E-state index contributed by atoms with van der Waals surface area (Å²) in [5.74, 6) is -0.119. The lowest BCUT2D eigenvalue weighted by Crippen LogP contribution is -2.37. The molecule has 0 aromatic carbocycles. The predicted molar refractivity (Wildman–Crippen MR) is 84.9 cm³/mol. The lowest BCUT2D eigenvalue weighted by atomic mass is 10.2. The van der Waals surface area contributed by atoms with Gasteiger partial charge in [-0.2, -0.15) is 0 Å². The molecule has 0 atom stereocenters. The summed E-state index contributed by atoms with van der Waals surface area (Å²) in [4.78, 5) is 36.6. The molecule has 0 radical (unpaired) electrons. The number of amides is 2. The van der Waals surface area contributed by atoms with Crippen LogP contribution >= 0.6 is 0 Å². The van der Waals surface area contributed by atoms with Gasteiger partial charge in [-0.25, -0.2) is 0 Å². The largest absolute Gasteiger partial charge is 0.337 e. The summed E-state index contributed by atoms with van der Waals surface area (Å²) in [5, 5.41) is 0. The molecule has 6 heteroatoms. The fraction of sp³-hybridized carbons (Fsp3) is 0.294. The van der Waals surface area contributed by atoms with Crippen molar-refractivity contribution in [2.24, 2.45) is 0 Å². The molecule has 0 spiro atoms. The third-order valence-electron chi connectivity index (χ3n) is 3.86. The van der Waals surface area contributed by atoms with E-state index in [4.69, 9.17) is 0 Å². The SMILES string of the molecule is O=C(c1cccnc1)N1CCCN(C(=O)c2ccccn2)CC1. The van der Waals surface area contributed by atoms with E-state index in [-0.39, 0.29) is 11.8 Å². The maximum absolute atomic E-state index is 12.5. The third-order valence-corrected chi connectivity index (χ3v) is 3.86. The molecule has 6 nitrogen and oxygen atoms in total. The van der Waals surface area contributed by atoms with Gasteiger partial charge < -0.3 is 9.80 Å². The van der Waals surface area contributed by atoms with E-state index >= 15 is 0 Å². The summed E-state index contributed by atoms with van der Waals surface area (Å²) in [7, 11) is 0. The van der Waals surface area contributed by atoms with Crippen LogP contribution in [0, 0.1) is 0 Å². The highest BCUT2D eigenvalue weighted by molar-refractivity contribution is 5.94. The highest BCUT2D eigenvalue weighted by Gasteiger charge is 2.23. The average Bonchev–Trinajstić information content (AvgIpc) is 2.88. The summed E-state index contributed by atoms with van der Waals surface area (Å²) < 4.78 is 0. The van der Waals surface area contributed by atoms with E-state index in [2.05, 4.69) is 9.97 Å². The van der Waals surface area contributed by atoms with Gasteiger partial charge in [-0.15, -0.1) is 0 Å². The minimum atomic E-state index is -0.0822. The first-order chi connectivity index (χ1) is 11.3. The summed E-state index contributed by atoms with van der Waals surface area (Å²) in [5.41, 5.74) is 1.02. The summed E-state index contributed by atoms with van der Waals surface area (Å²) in [6, 6.07) is 8.81. The molecule has 1 fully saturated rings. The van der Waals surface area contributed by atoms with Crippen molar-refractivity contribution in [1.82, 2.24) is 19.8 Å². The summed E-state index contributed by atoms with van der Waals surface area (Å²) in [6.07, 6.45) is 5.59. The molecular weight excluding hydrogens is 292 g/mol. The Balaban J connectivity index is 1.66. The molecule has 3 heterocycles. The molecule has 2 amide bonds. The zero-order valence-corrected chi connectivity index (χ0v) is 12.8. The Labute approximate surface area is 134 Å². The highest BCUT2D eigenvalue weighted by atomic mass is 16.2. The highest BCUT2D eigenvalue weighted by Crippen LogP contribution is 2.10. The normalized spacial score (nSPS) is 15.1. The quantitative estimate of drug-likeness (QED) is 0.842. The van der Waals surface area contributed by atoms with Crippen molar-refractivity contribution in [2.75, 3.05) is 26.2 Å². The molecule has 23 heavy (non-hydrogen) atoms. The maximum atomic E-state index is 12.5. The van der Waals surface area contributed by atoms with Gasteiger partial charge in [0, 0.05) is 44.8 Å². The molecule has 1 aliphatic rings. The van der Waals surface area contributed by atoms with Crippen LogP contribution in [-0.4, -0.2) is 57.8 Å². The number of rotatable bonds is 2. The molecule has 3 rings (SSSR count). The number of carbonyl (C=O) groups excluding carboxylic acids is 2. The Hall–Kier alpha value is -2.76. The van der Waals surface area contributed by atoms with E-state index in [1.165, 1.54) is 0 Å². The molecule has 0 N–H and O–H groups in total. The van der Waals surface area contributed by atoms with Crippen molar-refractivity contribution in [3.63, 3.8) is 0 Å². The topological polar surface area (TPSA) is 66.4 Å². The fourth-order valence-corrected chi connectivity index (χ4v) is 2.65. The van der Waals surface area contributed by atoms with Gasteiger partial charge >= 0.3 is 0 Å². The van der Waals surface area contributed by atoms with Gasteiger partial charge in [0.1, 0.15) is 5.69 Å². The Morgan fingerprint density at radius 2 is 1.65 bits per heavy atom. The first-order valence-electron chi connectivity index (χ1n) is 7.65. The van der Waals surface area contributed by atoms with Crippen LogP contribution in [0.25, 0.3) is 0 Å². The fourth-order valence-electron chi connectivity index (χ4n) is 2.65. The first kappa shape index (κ1) is 15.1. The molecule has 2 aromatic heterocycles. The van der Waals surface area contributed by atoms with Crippen LogP contribution in [0.2, 0.25) is 0 Å². The number of hydrogen-bond acceptors (Lipinski definition) is 4. The molecule has 118 valence electrons. The molecule has 0 saturated carbocycles. The van der Waals surface area contributed by atoms with E-state index in [0.717, 1.165) is 6.42 Å². The monoisotopic (exact) mass is 310 g/mol. The van der Waals surface area contributed by atoms with Gasteiger partial charge in [0.25, 0.3) is 11.8 Å². The number of aromatic nitrogens is 2. The lowest BCUT2D eigenvalue weighted by molar-refractivity contribution is 0.0715. The maximum Gasteiger partial charge on any atom is 0.272 e. The lowest BCUT2D eigenvalue weighted by Gasteiger charge is -2.22. The van der Waals surface area contributed by atoms with Crippen molar-refractivity contribution in [2.45, 2.75) is 6.42 Å². The molecule has 0 unspecified atom stereocenters. The van der Waals surface area contributed by atoms with Crippen LogP contribution in [0.15, 0.2) is 48.9 Å². The number of pyridine rings is 2. The minimum Gasteiger partial charge on any atom is -0.337 e. The second-order valence-corrected chi connectivity index (χ2v) is 5.39. The smallest absolute Gasteiger partial charge is 0.272 e. The zero-order chi connectivity index (χ0) is 16.1. The van der Waals surface area contributed by atoms with Crippen LogP contribution in [0.1, 0.15) is 27.3 Å². The number of nitrogens with zero attached hydrogens (tertiary/aromatic N) is 4. The van der Waals surface area contributed by atoms with Crippen molar-refractivity contribution in [3.8, 4) is 0 Å². The van der Waals surface area contributed by atoms with Gasteiger partial charge in [-0.05, 0) is 30.7 Å². The van der Waals surface area contributed by atoms with Gasteiger partial charge in [0.15, 0.2) is 0 Å². The zero-order valence-electron chi connectivity index (χ0n) is 12.8. The van der Waals surface area contributed by atoms with Gasteiger partial charge in [-0.3, -0.25) is 19.6 Å². The van der Waals surface area contributed by atoms with Crippen molar-refractivity contribution in [3.05, 3.63) is 60.2 Å². The minimum absolute atomic E-state index is 0.0368. The van der Waals surface area contributed by atoms with Gasteiger partial charge in [-0.1, -0.05) is 6.07 Å². The average molecular weight is 310 g/mol. The van der Waals surface area contributed by atoms with Crippen molar-refractivity contribution < 1.29 is 9.59 Å². The van der Waals surface area contributed by atoms with Crippen molar-refractivity contribution in [1.29, 1.82) is 0 Å². The Morgan fingerprint density at radius 1 is 0.870 bits per heavy atom. The molecule has 0 aliphatic carbocycles. The molecule has 0 bridgehead atoms. The molecular formula is C17H18N4O2. The Morgan fingerprint density at radius 3 is 2.30 bits per heavy atom. The van der Waals surface area contributed by atoms with Crippen LogP contribution in [0.5, 0.6) is 0 Å². The second kappa shape index (κ2) is 7.00. The second-order valence-electron chi connectivity index (χ2n) is 5.39.